The third-order valence-corrected chi connectivity index (χ3v) is 6.40. The Hall–Kier alpha value is -3.92. The van der Waals surface area contributed by atoms with E-state index in [0.29, 0.717) is 22.5 Å². The maximum atomic E-state index is 12.0. The lowest BCUT2D eigenvalue weighted by atomic mass is 10.1. The molecular weight excluding hydrogens is 428 g/mol. The Bertz CT molecular complexity index is 1360. The molecule has 0 aliphatic heterocycles. The van der Waals surface area contributed by atoms with E-state index in [2.05, 4.69) is 19.8 Å². The molecule has 0 radical (unpaired) electrons. The molecule has 0 spiro atoms. The molecule has 0 unspecified atom stereocenters. The van der Waals surface area contributed by atoms with E-state index in [9.17, 15) is 8.42 Å². The van der Waals surface area contributed by atoms with Crippen LogP contribution < -0.4 is 15.2 Å². The van der Waals surface area contributed by atoms with Gasteiger partial charge in [-0.2, -0.15) is 5.10 Å². The summed E-state index contributed by atoms with van der Waals surface area (Å²) in [6, 6.07) is 16.9. The van der Waals surface area contributed by atoms with Gasteiger partial charge in [0.05, 0.1) is 10.6 Å². The number of hydrogen-bond donors (Lipinski definition) is 2. The molecule has 0 atom stereocenters. The van der Waals surface area contributed by atoms with Crippen LogP contribution in [0.15, 0.2) is 67.1 Å². The number of nitrogens with one attached hydrogen (secondary N) is 1. The number of ether oxygens (including phenoxy) is 1. The van der Waals surface area contributed by atoms with Gasteiger partial charge in [0.25, 0.3) is 0 Å². The molecule has 0 aliphatic carbocycles. The normalized spacial score (nSPS) is 12.0. The Morgan fingerprint density at radius 3 is 2.41 bits per heavy atom. The lowest BCUT2D eigenvalue weighted by molar-refractivity contribution is 0.483. The fourth-order valence-electron chi connectivity index (χ4n) is 2.94. The first-order chi connectivity index (χ1) is 15.3. The minimum absolute atomic E-state index is 0.275. The summed E-state index contributed by atoms with van der Waals surface area (Å²) in [6.07, 6.45) is 4.12. The van der Waals surface area contributed by atoms with Crippen LogP contribution in [0.25, 0.3) is 28.5 Å². The number of nitrogens with two attached hydrogens (primary N) is 1. The van der Waals surface area contributed by atoms with Crippen LogP contribution in [0.2, 0.25) is 0 Å². The van der Waals surface area contributed by atoms with Gasteiger partial charge in [-0.15, -0.1) is 0 Å². The van der Waals surface area contributed by atoms with Crippen LogP contribution in [-0.2, 0) is 10.0 Å². The van der Waals surface area contributed by atoms with Crippen molar-refractivity contribution >= 4 is 33.1 Å². The Morgan fingerprint density at radius 1 is 1.03 bits per heavy atom. The highest BCUT2D eigenvalue weighted by molar-refractivity contribution is 7.90. The maximum Gasteiger partial charge on any atom is 0.234 e. The Balaban J connectivity index is 1.67. The zero-order valence-corrected chi connectivity index (χ0v) is 18.3. The van der Waals surface area contributed by atoms with E-state index in [1.807, 2.05) is 54.6 Å². The zero-order chi connectivity index (χ0) is 22.7. The molecule has 10 heteroatoms. The molecule has 32 heavy (non-hydrogen) atoms. The second-order valence-electron chi connectivity index (χ2n) is 7.22. The van der Waals surface area contributed by atoms with Gasteiger partial charge in [0.15, 0.2) is 5.65 Å². The largest absolute Gasteiger partial charge is 0.457 e. The minimum Gasteiger partial charge on any atom is -0.457 e. The van der Waals surface area contributed by atoms with Crippen LogP contribution >= 0.6 is 0 Å². The molecular formula is C22H22N6O3S. The fourth-order valence-corrected chi connectivity index (χ4v) is 3.46. The number of aromatic nitrogens is 4. The second-order valence-corrected chi connectivity index (χ2v) is 9.49. The first-order valence-electron chi connectivity index (χ1n) is 9.85. The summed E-state index contributed by atoms with van der Waals surface area (Å²) in [7, 11) is -3.46. The quantitative estimate of drug-likeness (QED) is 0.440. The number of nitrogen functional groups attached to an aromatic ring is 1. The molecule has 9 nitrogen and oxygen atoms in total. The molecule has 0 saturated carbocycles. The highest BCUT2D eigenvalue weighted by Gasteiger charge is 2.17. The van der Waals surface area contributed by atoms with Crippen LogP contribution in [-0.4, -0.2) is 33.4 Å². The van der Waals surface area contributed by atoms with Gasteiger partial charge >= 0.3 is 0 Å². The zero-order valence-electron chi connectivity index (χ0n) is 17.5. The molecule has 3 N–H and O–H groups in total. The Kier molecular flexibility index (Phi) is 5.78. The van der Waals surface area contributed by atoms with Crippen LogP contribution in [0, 0.1) is 0 Å². The number of benzene rings is 2. The van der Waals surface area contributed by atoms with Gasteiger partial charge in [0.2, 0.25) is 10.0 Å². The van der Waals surface area contributed by atoms with Gasteiger partial charge in [-0.25, -0.2) is 23.1 Å². The number of rotatable bonds is 7. The monoisotopic (exact) mass is 450 g/mol. The predicted molar refractivity (Wildman–Crippen MR) is 124 cm³/mol. The number of sulfonamides is 1. The summed E-state index contributed by atoms with van der Waals surface area (Å²) in [4.78, 5) is 8.34. The Labute approximate surface area is 185 Å². The molecule has 0 bridgehead atoms. The van der Waals surface area contributed by atoms with Gasteiger partial charge in [-0.05, 0) is 50.2 Å². The topological polar surface area (TPSA) is 125 Å². The van der Waals surface area contributed by atoms with Crippen LogP contribution in [0.3, 0.4) is 0 Å². The van der Waals surface area contributed by atoms with Crippen molar-refractivity contribution in [3.63, 3.8) is 0 Å². The lowest BCUT2D eigenvalue weighted by Crippen LogP contribution is -2.26. The SMILES string of the molecule is CC(C)S(=O)(=O)NC=Cn1nc(-c2ccc(Oc3ccccc3)cc2)c2c(N)ncnc21. The van der Waals surface area contributed by atoms with Gasteiger partial charge in [0, 0.05) is 18.0 Å². The van der Waals surface area contributed by atoms with E-state index in [-0.39, 0.29) is 5.82 Å². The first-order valence-corrected chi connectivity index (χ1v) is 11.4. The smallest absolute Gasteiger partial charge is 0.234 e. The van der Waals surface area contributed by atoms with Gasteiger partial charge in [-0.3, -0.25) is 4.72 Å². The molecule has 4 rings (SSSR count). The highest BCUT2D eigenvalue weighted by atomic mass is 32.2. The molecule has 164 valence electrons. The summed E-state index contributed by atoms with van der Waals surface area (Å²) in [5, 5.41) is 4.58. The van der Waals surface area contributed by atoms with E-state index in [4.69, 9.17) is 10.5 Å². The third kappa shape index (κ3) is 4.40. The Morgan fingerprint density at radius 2 is 1.72 bits per heavy atom. The van der Waals surface area contributed by atoms with E-state index in [0.717, 1.165) is 11.3 Å². The lowest BCUT2D eigenvalue weighted by Gasteiger charge is -2.06. The number of fused-ring (bicyclic) bond motifs is 1. The van der Waals surface area contributed by atoms with Crippen molar-refractivity contribution in [3.8, 4) is 22.8 Å². The molecule has 2 aromatic heterocycles. The summed E-state index contributed by atoms with van der Waals surface area (Å²) in [6.45, 7) is 3.19. The van der Waals surface area contributed by atoms with Crippen LogP contribution in [0.5, 0.6) is 11.5 Å². The molecule has 0 amide bonds. The summed E-state index contributed by atoms with van der Waals surface area (Å²) in [5.74, 6) is 1.69. The molecule has 0 aliphatic rings. The van der Waals surface area contributed by atoms with Gasteiger partial charge < -0.3 is 10.5 Å². The van der Waals surface area contributed by atoms with Crippen molar-refractivity contribution in [2.24, 2.45) is 0 Å². The van der Waals surface area contributed by atoms with Crippen molar-refractivity contribution in [1.82, 2.24) is 24.5 Å². The van der Waals surface area contributed by atoms with Crippen molar-refractivity contribution in [2.75, 3.05) is 5.73 Å². The fraction of sp³-hybridized carbons (Fsp3) is 0.136. The molecule has 2 aromatic carbocycles. The standard InChI is InChI=1S/C22H22N6O3S/c1-15(2)32(29,30)26-12-13-28-22-19(21(23)24-14-25-22)20(27-28)16-8-10-18(11-9-16)31-17-6-4-3-5-7-17/h3-15,26H,1-2H3,(H2,23,24,25). The number of anilines is 1. The summed E-state index contributed by atoms with van der Waals surface area (Å²) < 4.78 is 33.7. The maximum absolute atomic E-state index is 12.0. The van der Waals surface area contributed by atoms with E-state index in [1.54, 1.807) is 13.8 Å². The predicted octanol–water partition coefficient (Wildman–Crippen LogP) is 3.62. The average Bonchev–Trinajstić information content (AvgIpc) is 3.15. The number of nitrogens with zero attached hydrogens (tertiary/aromatic N) is 4. The number of para-hydroxylation sites is 1. The second kappa shape index (κ2) is 8.67. The van der Waals surface area contributed by atoms with E-state index in [1.165, 1.54) is 23.4 Å². The van der Waals surface area contributed by atoms with Crippen LogP contribution in [0.1, 0.15) is 13.8 Å². The molecule has 4 aromatic rings. The van der Waals surface area contributed by atoms with Crippen LogP contribution in [0.4, 0.5) is 5.82 Å². The van der Waals surface area contributed by atoms with Gasteiger partial charge in [0.1, 0.15) is 29.3 Å². The molecule has 0 saturated heterocycles. The minimum atomic E-state index is -3.46. The van der Waals surface area contributed by atoms with E-state index < -0.39 is 15.3 Å². The van der Waals surface area contributed by atoms with E-state index >= 15 is 0 Å². The molecule has 0 fully saturated rings. The van der Waals surface area contributed by atoms with Crippen molar-refractivity contribution in [1.29, 1.82) is 0 Å². The summed E-state index contributed by atoms with van der Waals surface area (Å²) in [5.41, 5.74) is 7.92. The summed E-state index contributed by atoms with van der Waals surface area (Å²) >= 11 is 0. The number of hydrogen-bond acceptors (Lipinski definition) is 7. The average molecular weight is 451 g/mol. The van der Waals surface area contributed by atoms with Crippen molar-refractivity contribution in [3.05, 3.63) is 67.1 Å². The first kappa shape index (κ1) is 21.3. The molecule has 2 heterocycles. The van der Waals surface area contributed by atoms with Gasteiger partial charge in [-0.1, -0.05) is 18.2 Å². The highest BCUT2D eigenvalue weighted by Crippen LogP contribution is 2.32. The third-order valence-electron chi connectivity index (χ3n) is 4.69. The van der Waals surface area contributed by atoms with Crippen molar-refractivity contribution < 1.29 is 13.2 Å². The van der Waals surface area contributed by atoms with Crippen molar-refractivity contribution in [2.45, 2.75) is 19.1 Å².